The molecular formula is C14H17N3O2. The van der Waals surface area contributed by atoms with Crippen molar-refractivity contribution in [2.24, 2.45) is 15.7 Å². The number of hydrogen-bond donors (Lipinski definition) is 1. The SMILES string of the molecule is Cc1c(C)c(C)c(C(N)N=C=O)c(CN=C=O)c1C. The summed E-state index contributed by atoms with van der Waals surface area (Å²) in [4.78, 5) is 27.9. The van der Waals surface area contributed by atoms with E-state index < -0.39 is 6.17 Å². The van der Waals surface area contributed by atoms with Gasteiger partial charge in [-0.25, -0.2) is 14.6 Å². The van der Waals surface area contributed by atoms with E-state index in [2.05, 4.69) is 9.98 Å². The van der Waals surface area contributed by atoms with Crippen LogP contribution >= 0.6 is 0 Å². The van der Waals surface area contributed by atoms with Gasteiger partial charge in [0.1, 0.15) is 6.17 Å². The Balaban J connectivity index is 3.64. The van der Waals surface area contributed by atoms with Gasteiger partial charge < -0.3 is 5.73 Å². The lowest BCUT2D eigenvalue weighted by Gasteiger charge is -2.21. The number of rotatable bonds is 4. The molecule has 0 fully saturated rings. The van der Waals surface area contributed by atoms with Gasteiger partial charge in [0.2, 0.25) is 12.2 Å². The van der Waals surface area contributed by atoms with E-state index >= 15 is 0 Å². The van der Waals surface area contributed by atoms with Crippen LogP contribution in [-0.2, 0) is 16.1 Å². The Morgan fingerprint density at radius 1 is 1.00 bits per heavy atom. The lowest BCUT2D eigenvalue weighted by Crippen LogP contribution is -2.15. The number of isocyanates is 2. The van der Waals surface area contributed by atoms with Crippen LogP contribution < -0.4 is 5.73 Å². The third-order valence-corrected chi connectivity index (χ3v) is 3.66. The second kappa shape index (κ2) is 6.21. The third-order valence-electron chi connectivity index (χ3n) is 3.66. The van der Waals surface area contributed by atoms with Crippen molar-refractivity contribution < 1.29 is 9.59 Å². The highest BCUT2D eigenvalue weighted by molar-refractivity contribution is 5.52. The van der Waals surface area contributed by atoms with Gasteiger partial charge in [0.25, 0.3) is 0 Å². The minimum atomic E-state index is -0.785. The topological polar surface area (TPSA) is 84.9 Å². The van der Waals surface area contributed by atoms with E-state index in [-0.39, 0.29) is 6.54 Å². The van der Waals surface area contributed by atoms with Crippen molar-refractivity contribution in [3.8, 4) is 0 Å². The lowest BCUT2D eigenvalue weighted by molar-refractivity contribution is 0.557. The van der Waals surface area contributed by atoms with Gasteiger partial charge in [-0.1, -0.05) is 0 Å². The zero-order valence-electron chi connectivity index (χ0n) is 11.6. The summed E-state index contributed by atoms with van der Waals surface area (Å²) >= 11 is 0. The summed E-state index contributed by atoms with van der Waals surface area (Å²) < 4.78 is 0. The molecule has 1 atom stereocenters. The lowest BCUT2D eigenvalue weighted by atomic mass is 9.87. The monoisotopic (exact) mass is 259 g/mol. The van der Waals surface area contributed by atoms with Crippen LogP contribution in [0.15, 0.2) is 9.98 Å². The molecule has 1 unspecified atom stereocenters. The number of nitrogens with two attached hydrogens (primary N) is 1. The Bertz CT molecular complexity index is 595. The van der Waals surface area contributed by atoms with Crippen LogP contribution in [0.2, 0.25) is 0 Å². The Hall–Kier alpha value is -2.06. The number of carbonyl (C=O) groups excluding carboxylic acids is 2. The molecule has 0 bridgehead atoms. The molecule has 1 rings (SSSR count). The summed E-state index contributed by atoms with van der Waals surface area (Å²) in [5.74, 6) is 0. The van der Waals surface area contributed by atoms with Crippen molar-refractivity contribution in [1.29, 1.82) is 0 Å². The molecule has 0 spiro atoms. The predicted molar refractivity (Wildman–Crippen MR) is 72.3 cm³/mol. The van der Waals surface area contributed by atoms with Gasteiger partial charge in [-0.3, -0.25) is 0 Å². The zero-order chi connectivity index (χ0) is 14.6. The van der Waals surface area contributed by atoms with Gasteiger partial charge in [-0.05, 0) is 55.5 Å². The number of nitrogens with zero attached hydrogens (tertiary/aromatic N) is 2. The van der Waals surface area contributed by atoms with Gasteiger partial charge >= 0.3 is 0 Å². The minimum Gasteiger partial charge on any atom is -0.305 e. The van der Waals surface area contributed by atoms with Gasteiger partial charge in [0.05, 0.1) is 6.54 Å². The van der Waals surface area contributed by atoms with Crippen molar-refractivity contribution >= 4 is 12.2 Å². The van der Waals surface area contributed by atoms with Crippen molar-refractivity contribution in [2.45, 2.75) is 40.4 Å². The van der Waals surface area contributed by atoms with E-state index in [1.165, 1.54) is 12.2 Å². The zero-order valence-corrected chi connectivity index (χ0v) is 11.6. The minimum absolute atomic E-state index is 0.189. The molecule has 0 aromatic heterocycles. The molecular weight excluding hydrogens is 242 g/mol. The highest BCUT2D eigenvalue weighted by Crippen LogP contribution is 2.31. The number of benzene rings is 1. The largest absolute Gasteiger partial charge is 0.305 e. The quantitative estimate of drug-likeness (QED) is 0.663. The molecule has 2 N–H and O–H groups in total. The molecule has 0 aliphatic rings. The van der Waals surface area contributed by atoms with Crippen LogP contribution in [0.1, 0.15) is 39.5 Å². The van der Waals surface area contributed by atoms with Gasteiger partial charge in [0, 0.05) is 5.56 Å². The molecule has 0 saturated carbocycles. The first kappa shape index (κ1) is 15.0. The summed E-state index contributed by atoms with van der Waals surface area (Å²) in [5.41, 5.74) is 11.7. The van der Waals surface area contributed by atoms with E-state index in [1.54, 1.807) is 0 Å². The molecule has 19 heavy (non-hydrogen) atoms. The summed E-state index contributed by atoms with van der Waals surface area (Å²) in [6, 6.07) is 0. The molecule has 1 aromatic carbocycles. The molecule has 1 aromatic rings. The van der Waals surface area contributed by atoms with Crippen molar-refractivity contribution in [3.63, 3.8) is 0 Å². The number of hydrogen-bond acceptors (Lipinski definition) is 5. The predicted octanol–water partition coefficient (Wildman–Crippen LogP) is 2.05. The number of aliphatic imine (C=N–C) groups is 2. The van der Waals surface area contributed by atoms with Crippen molar-refractivity contribution in [1.82, 2.24) is 0 Å². The first-order chi connectivity index (χ1) is 8.95. The average molecular weight is 259 g/mol. The van der Waals surface area contributed by atoms with E-state index in [0.29, 0.717) is 0 Å². The van der Waals surface area contributed by atoms with Crippen molar-refractivity contribution in [2.75, 3.05) is 0 Å². The molecule has 0 heterocycles. The van der Waals surface area contributed by atoms with Gasteiger partial charge in [0.15, 0.2) is 0 Å². The highest BCUT2D eigenvalue weighted by Gasteiger charge is 2.19. The van der Waals surface area contributed by atoms with Crippen LogP contribution in [0, 0.1) is 27.7 Å². The van der Waals surface area contributed by atoms with Crippen LogP contribution in [0.3, 0.4) is 0 Å². The molecule has 5 heteroatoms. The standard InChI is InChI=1S/C14H17N3O2/c1-8-9(2)11(4)13(14(15)17-7-19)12(10(8)3)5-16-6-18/h14H,5,15H2,1-4H3. The Labute approximate surface area is 112 Å². The maximum atomic E-state index is 10.4. The molecule has 0 saturated heterocycles. The third kappa shape index (κ3) is 2.85. The van der Waals surface area contributed by atoms with Crippen LogP contribution in [0.4, 0.5) is 0 Å². The Morgan fingerprint density at radius 3 is 2.11 bits per heavy atom. The maximum Gasteiger partial charge on any atom is 0.236 e. The second-order valence-corrected chi connectivity index (χ2v) is 4.46. The van der Waals surface area contributed by atoms with E-state index in [0.717, 1.165) is 33.4 Å². The highest BCUT2D eigenvalue weighted by atomic mass is 16.1. The first-order valence-corrected chi connectivity index (χ1v) is 5.91. The first-order valence-electron chi connectivity index (χ1n) is 5.91. The van der Waals surface area contributed by atoms with Gasteiger partial charge in [-0.15, -0.1) is 0 Å². The fourth-order valence-corrected chi connectivity index (χ4v) is 2.26. The fourth-order valence-electron chi connectivity index (χ4n) is 2.26. The van der Waals surface area contributed by atoms with Crippen molar-refractivity contribution in [3.05, 3.63) is 33.4 Å². The summed E-state index contributed by atoms with van der Waals surface area (Å²) in [5, 5.41) is 0. The normalized spacial score (nSPS) is 11.4. The molecule has 0 radical (unpaired) electrons. The summed E-state index contributed by atoms with van der Waals surface area (Å²) in [6.45, 7) is 8.05. The smallest absolute Gasteiger partial charge is 0.236 e. The molecule has 0 aliphatic carbocycles. The molecule has 0 amide bonds. The van der Waals surface area contributed by atoms with Crippen LogP contribution in [0.5, 0.6) is 0 Å². The van der Waals surface area contributed by atoms with E-state index in [1.807, 2.05) is 27.7 Å². The fraction of sp³-hybridized carbons (Fsp3) is 0.429. The summed E-state index contributed by atoms with van der Waals surface area (Å²) in [7, 11) is 0. The summed E-state index contributed by atoms with van der Waals surface area (Å²) in [6.07, 6.45) is 2.21. The average Bonchev–Trinajstić information content (AvgIpc) is 2.39. The van der Waals surface area contributed by atoms with Crippen LogP contribution in [-0.4, -0.2) is 12.2 Å². The Morgan fingerprint density at radius 2 is 1.58 bits per heavy atom. The second-order valence-electron chi connectivity index (χ2n) is 4.46. The van der Waals surface area contributed by atoms with Gasteiger partial charge in [-0.2, -0.15) is 4.99 Å². The van der Waals surface area contributed by atoms with Crippen LogP contribution in [0.25, 0.3) is 0 Å². The van der Waals surface area contributed by atoms with E-state index in [9.17, 15) is 9.59 Å². The molecule has 0 aliphatic heterocycles. The van der Waals surface area contributed by atoms with E-state index in [4.69, 9.17) is 5.73 Å². The molecule has 5 nitrogen and oxygen atoms in total. The molecule has 100 valence electrons. The Kier molecular flexibility index (Phi) is 4.90. The maximum absolute atomic E-state index is 10.4.